The quantitative estimate of drug-likeness (QED) is 0.504. The molecule has 140 valence electrons. The second-order valence-corrected chi connectivity index (χ2v) is 6.84. The van der Waals surface area contributed by atoms with Crippen LogP contribution in [0.2, 0.25) is 0 Å². The fourth-order valence-corrected chi connectivity index (χ4v) is 3.90. The summed E-state index contributed by atoms with van der Waals surface area (Å²) >= 11 is 1.27. The van der Waals surface area contributed by atoms with Crippen LogP contribution in [-0.2, 0) is 11.3 Å². The van der Waals surface area contributed by atoms with Crippen molar-refractivity contribution in [2.45, 2.75) is 6.54 Å². The van der Waals surface area contributed by atoms with Crippen LogP contribution in [0.5, 0.6) is 11.5 Å². The number of aromatic nitrogens is 1. The number of hydrogen-bond acceptors (Lipinski definition) is 6. The van der Waals surface area contributed by atoms with Gasteiger partial charge >= 0.3 is 5.97 Å². The number of hydrogen-bond donors (Lipinski definition) is 0. The van der Waals surface area contributed by atoms with Crippen molar-refractivity contribution in [3.8, 4) is 23.8 Å². The lowest BCUT2D eigenvalue weighted by Gasteiger charge is -2.02. The number of terminal acetylenes is 1. The standard InChI is InChI=1S/C20H14N2O5S/c1-3-8-22-14-6-4-13(19(24)25-2)10-17(14)28-20(22)21-18(23)12-5-7-15-16(9-12)27-11-26-15/h1,4-7,9-10H,8,11H2,2H3. The monoisotopic (exact) mass is 394 g/mol. The average Bonchev–Trinajstić information content (AvgIpc) is 3.31. The maximum Gasteiger partial charge on any atom is 0.337 e. The Hall–Kier alpha value is -3.57. The maximum absolute atomic E-state index is 12.7. The van der Waals surface area contributed by atoms with Gasteiger partial charge in [0.1, 0.15) is 0 Å². The van der Waals surface area contributed by atoms with Crippen LogP contribution in [-0.4, -0.2) is 30.3 Å². The van der Waals surface area contributed by atoms with Crippen LogP contribution in [0.4, 0.5) is 0 Å². The Bertz CT molecular complexity index is 1220. The van der Waals surface area contributed by atoms with Gasteiger partial charge in [0.05, 0.1) is 29.4 Å². The average molecular weight is 394 g/mol. The third kappa shape index (κ3) is 3.12. The molecule has 1 aliphatic rings. The smallest absolute Gasteiger partial charge is 0.337 e. The Kier molecular flexibility index (Phi) is 4.59. The number of carbonyl (C=O) groups is 2. The summed E-state index contributed by atoms with van der Waals surface area (Å²) in [5.74, 6) is 2.81. The zero-order chi connectivity index (χ0) is 19.7. The summed E-state index contributed by atoms with van der Waals surface area (Å²) in [6.07, 6.45) is 5.49. The van der Waals surface area contributed by atoms with E-state index in [1.165, 1.54) is 18.4 Å². The molecule has 28 heavy (non-hydrogen) atoms. The van der Waals surface area contributed by atoms with Crippen LogP contribution in [0, 0.1) is 12.3 Å². The summed E-state index contributed by atoms with van der Waals surface area (Å²) in [6.45, 7) is 0.371. The fraction of sp³-hybridized carbons (Fsp3) is 0.150. The minimum atomic E-state index is -0.436. The van der Waals surface area contributed by atoms with Crippen molar-refractivity contribution in [3.63, 3.8) is 0 Å². The van der Waals surface area contributed by atoms with Gasteiger partial charge in [-0.15, -0.1) is 6.42 Å². The second-order valence-electron chi connectivity index (χ2n) is 5.83. The highest BCUT2D eigenvalue weighted by atomic mass is 32.1. The lowest BCUT2D eigenvalue weighted by Crippen LogP contribution is -2.16. The van der Waals surface area contributed by atoms with Crippen molar-refractivity contribution in [1.82, 2.24) is 4.57 Å². The molecule has 2 heterocycles. The van der Waals surface area contributed by atoms with Gasteiger partial charge in [-0.2, -0.15) is 4.99 Å². The minimum Gasteiger partial charge on any atom is -0.465 e. The van der Waals surface area contributed by atoms with Gasteiger partial charge in [0.2, 0.25) is 6.79 Å². The van der Waals surface area contributed by atoms with Crippen LogP contribution in [0.1, 0.15) is 20.7 Å². The first kappa shape index (κ1) is 17.8. The van der Waals surface area contributed by atoms with E-state index in [1.54, 1.807) is 41.0 Å². The predicted molar refractivity (Wildman–Crippen MR) is 102 cm³/mol. The lowest BCUT2D eigenvalue weighted by atomic mass is 10.2. The molecule has 0 aliphatic carbocycles. The van der Waals surface area contributed by atoms with Crippen molar-refractivity contribution in [3.05, 3.63) is 52.3 Å². The first-order valence-electron chi connectivity index (χ1n) is 8.24. The minimum absolute atomic E-state index is 0.130. The number of amides is 1. The Morgan fingerprint density at radius 3 is 2.79 bits per heavy atom. The molecule has 0 saturated carbocycles. The van der Waals surface area contributed by atoms with E-state index >= 15 is 0 Å². The highest BCUT2D eigenvalue weighted by Crippen LogP contribution is 2.32. The lowest BCUT2D eigenvalue weighted by molar-refractivity contribution is 0.0600. The van der Waals surface area contributed by atoms with Gasteiger partial charge in [-0.05, 0) is 36.4 Å². The van der Waals surface area contributed by atoms with Gasteiger partial charge in [0.25, 0.3) is 5.91 Å². The van der Waals surface area contributed by atoms with Crippen molar-refractivity contribution in [2.24, 2.45) is 4.99 Å². The van der Waals surface area contributed by atoms with Crippen molar-refractivity contribution in [1.29, 1.82) is 0 Å². The van der Waals surface area contributed by atoms with Gasteiger partial charge in [-0.3, -0.25) is 4.79 Å². The normalized spacial score (nSPS) is 12.8. The zero-order valence-corrected chi connectivity index (χ0v) is 15.6. The Labute approximate surface area is 163 Å². The van der Waals surface area contributed by atoms with E-state index in [9.17, 15) is 9.59 Å². The molecule has 0 bridgehead atoms. The predicted octanol–water partition coefficient (Wildman–Crippen LogP) is 2.59. The summed E-state index contributed by atoms with van der Waals surface area (Å²) in [6, 6.07) is 10.0. The number of methoxy groups -OCH3 is 1. The Morgan fingerprint density at radius 1 is 1.21 bits per heavy atom. The SMILES string of the molecule is C#CCn1c(=NC(=O)c2ccc3c(c2)OCO3)sc2cc(C(=O)OC)ccc21. The molecular weight excluding hydrogens is 380 g/mol. The zero-order valence-electron chi connectivity index (χ0n) is 14.8. The van der Waals surface area contributed by atoms with Crippen LogP contribution >= 0.6 is 11.3 Å². The van der Waals surface area contributed by atoms with Crippen LogP contribution in [0.25, 0.3) is 10.2 Å². The third-order valence-electron chi connectivity index (χ3n) is 4.17. The second kappa shape index (κ2) is 7.21. The highest BCUT2D eigenvalue weighted by Gasteiger charge is 2.17. The van der Waals surface area contributed by atoms with E-state index in [2.05, 4.69) is 10.9 Å². The summed E-state index contributed by atoms with van der Waals surface area (Å²) in [5.41, 5.74) is 1.58. The molecule has 0 saturated heterocycles. The summed E-state index contributed by atoms with van der Waals surface area (Å²) in [4.78, 5) is 29.1. The first-order chi connectivity index (χ1) is 13.6. The van der Waals surface area contributed by atoms with Crippen LogP contribution in [0.15, 0.2) is 41.4 Å². The Morgan fingerprint density at radius 2 is 2.00 bits per heavy atom. The van der Waals surface area contributed by atoms with Gasteiger partial charge in [-0.1, -0.05) is 17.3 Å². The number of rotatable bonds is 3. The molecule has 0 radical (unpaired) electrons. The molecule has 0 unspecified atom stereocenters. The van der Waals surface area contributed by atoms with Gasteiger partial charge in [-0.25, -0.2) is 4.79 Å². The van der Waals surface area contributed by atoms with Crippen molar-refractivity contribution >= 4 is 33.4 Å². The molecule has 4 rings (SSSR count). The molecule has 8 heteroatoms. The fourth-order valence-electron chi connectivity index (χ4n) is 2.83. The molecule has 0 atom stereocenters. The number of ether oxygens (including phenoxy) is 3. The number of esters is 1. The largest absolute Gasteiger partial charge is 0.465 e. The molecule has 3 aromatic rings. The molecule has 2 aromatic carbocycles. The third-order valence-corrected chi connectivity index (χ3v) is 5.21. The van der Waals surface area contributed by atoms with E-state index < -0.39 is 11.9 Å². The van der Waals surface area contributed by atoms with Crippen molar-refractivity contribution < 1.29 is 23.8 Å². The molecule has 0 N–H and O–H groups in total. The molecule has 1 amide bonds. The van der Waals surface area contributed by atoms with Crippen LogP contribution in [0.3, 0.4) is 0 Å². The van der Waals surface area contributed by atoms with E-state index in [-0.39, 0.29) is 13.3 Å². The van der Waals surface area contributed by atoms with Crippen molar-refractivity contribution in [2.75, 3.05) is 13.9 Å². The summed E-state index contributed by atoms with van der Waals surface area (Å²) < 4.78 is 17.8. The van der Waals surface area contributed by atoms with E-state index in [0.29, 0.717) is 27.4 Å². The molecule has 0 fully saturated rings. The number of fused-ring (bicyclic) bond motifs is 2. The Balaban J connectivity index is 1.80. The van der Waals surface area contributed by atoms with Gasteiger partial charge in [0, 0.05) is 5.56 Å². The van der Waals surface area contributed by atoms with E-state index in [4.69, 9.17) is 20.6 Å². The molecule has 1 aromatic heterocycles. The first-order valence-corrected chi connectivity index (χ1v) is 9.06. The molecule has 7 nitrogen and oxygen atoms in total. The maximum atomic E-state index is 12.7. The van der Waals surface area contributed by atoms with E-state index in [0.717, 1.165) is 10.2 Å². The molecule has 0 spiro atoms. The number of carbonyl (C=O) groups excluding carboxylic acids is 2. The van der Waals surface area contributed by atoms with E-state index in [1.807, 2.05) is 0 Å². The highest BCUT2D eigenvalue weighted by molar-refractivity contribution is 7.16. The van der Waals surface area contributed by atoms with Crippen LogP contribution < -0.4 is 14.3 Å². The number of thiazole rings is 1. The summed E-state index contributed by atoms with van der Waals surface area (Å²) in [5, 5.41) is 0. The molecule has 1 aliphatic heterocycles. The van der Waals surface area contributed by atoms with Gasteiger partial charge < -0.3 is 18.8 Å². The molecular formula is C20H14N2O5S. The topological polar surface area (TPSA) is 79.1 Å². The summed E-state index contributed by atoms with van der Waals surface area (Å²) in [7, 11) is 1.32. The van der Waals surface area contributed by atoms with Gasteiger partial charge in [0.15, 0.2) is 16.3 Å². The number of benzene rings is 2. The number of nitrogens with zero attached hydrogens (tertiary/aromatic N) is 2.